The van der Waals surface area contributed by atoms with Gasteiger partial charge in [-0.2, -0.15) is 4.98 Å². The number of hydrogen-bond donors (Lipinski definition) is 0. The van der Waals surface area contributed by atoms with Crippen LogP contribution in [0.4, 0.5) is 0 Å². The van der Waals surface area contributed by atoms with Crippen molar-refractivity contribution in [2.75, 3.05) is 6.54 Å². The Kier molecular flexibility index (Phi) is 3.57. The van der Waals surface area contributed by atoms with Crippen LogP contribution in [0.2, 0.25) is 0 Å². The number of nitrogens with zero attached hydrogens (tertiary/aromatic N) is 3. The second-order valence-corrected chi connectivity index (χ2v) is 4.91. The second-order valence-electron chi connectivity index (χ2n) is 4.91. The Hall–Kier alpha value is -1.23. The molecule has 0 spiro atoms. The Bertz CT molecular complexity index is 400. The Morgan fingerprint density at radius 1 is 1.59 bits per heavy atom. The molecule has 17 heavy (non-hydrogen) atoms. The quantitative estimate of drug-likeness (QED) is 0.798. The van der Waals surface area contributed by atoms with Gasteiger partial charge < -0.3 is 4.52 Å². The van der Waals surface area contributed by atoms with Crippen LogP contribution in [-0.4, -0.2) is 33.4 Å². The summed E-state index contributed by atoms with van der Waals surface area (Å²) in [6.45, 7) is 6.96. The molecule has 0 N–H and O–H groups in total. The molecule has 1 aromatic heterocycles. The molecule has 0 bridgehead atoms. The Labute approximate surface area is 101 Å². The molecule has 1 unspecified atom stereocenters. The van der Waals surface area contributed by atoms with Gasteiger partial charge in [0, 0.05) is 6.04 Å². The maximum Gasteiger partial charge on any atom is 0.234 e. The number of rotatable bonds is 4. The minimum Gasteiger partial charge on any atom is -0.339 e. The van der Waals surface area contributed by atoms with Crippen LogP contribution in [0.1, 0.15) is 51.4 Å². The summed E-state index contributed by atoms with van der Waals surface area (Å²) in [5, 5.41) is 4.00. The third-order valence-corrected chi connectivity index (χ3v) is 3.14. The van der Waals surface area contributed by atoms with E-state index in [1.165, 1.54) is 13.3 Å². The summed E-state index contributed by atoms with van der Waals surface area (Å²) in [6.07, 6.45) is 2.47. The standard InChI is InChI=1S/C12H19N3O2/c1-8(2)15-6-4-5-10(15)12-13-11(17-14-12)7-9(3)16/h8,10H,4-7H2,1-3H3. The SMILES string of the molecule is CC(=O)Cc1nc(C2CCCN2C(C)C)no1. The van der Waals surface area contributed by atoms with Crippen molar-refractivity contribution >= 4 is 5.78 Å². The Morgan fingerprint density at radius 2 is 2.35 bits per heavy atom. The first-order valence-electron chi connectivity index (χ1n) is 6.15. The van der Waals surface area contributed by atoms with Crippen molar-refractivity contribution in [3.63, 3.8) is 0 Å². The van der Waals surface area contributed by atoms with Crippen LogP contribution in [-0.2, 0) is 11.2 Å². The molecule has 1 atom stereocenters. The smallest absolute Gasteiger partial charge is 0.234 e. The molecule has 1 aliphatic rings. The van der Waals surface area contributed by atoms with E-state index in [9.17, 15) is 4.79 Å². The van der Waals surface area contributed by atoms with Crippen molar-refractivity contribution in [1.29, 1.82) is 0 Å². The zero-order valence-electron chi connectivity index (χ0n) is 10.6. The van der Waals surface area contributed by atoms with Crippen molar-refractivity contribution in [3.05, 3.63) is 11.7 Å². The van der Waals surface area contributed by atoms with E-state index < -0.39 is 0 Å². The van der Waals surface area contributed by atoms with E-state index in [0.717, 1.165) is 18.8 Å². The molecule has 1 aromatic rings. The second kappa shape index (κ2) is 4.96. The van der Waals surface area contributed by atoms with E-state index in [1.54, 1.807) is 0 Å². The molecule has 0 saturated carbocycles. The molecule has 94 valence electrons. The number of likely N-dealkylation sites (tertiary alicyclic amines) is 1. The summed E-state index contributed by atoms with van der Waals surface area (Å²) in [5.74, 6) is 1.21. The Balaban J connectivity index is 2.11. The van der Waals surface area contributed by atoms with E-state index in [-0.39, 0.29) is 18.2 Å². The van der Waals surface area contributed by atoms with Crippen molar-refractivity contribution in [2.45, 2.75) is 52.1 Å². The van der Waals surface area contributed by atoms with E-state index >= 15 is 0 Å². The third-order valence-electron chi connectivity index (χ3n) is 3.14. The van der Waals surface area contributed by atoms with Crippen molar-refractivity contribution < 1.29 is 9.32 Å². The summed E-state index contributed by atoms with van der Waals surface area (Å²) in [5.41, 5.74) is 0. The maximum atomic E-state index is 11.0. The van der Waals surface area contributed by atoms with Crippen molar-refractivity contribution in [2.24, 2.45) is 0 Å². The largest absolute Gasteiger partial charge is 0.339 e. The fourth-order valence-electron chi connectivity index (χ4n) is 2.37. The maximum absolute atomic E-state index is 11.0. The lowest BCUT2D eigenvalue weighted by molar-refractivity contribution is -0.116. The monoisotopic (exact) mass is 237 g/mol. The summed E-state index contributed by atoms with van der Waals surface area (Å²) < 4.78 is 5.11. The molecule has 0 amide bonds. The third kappa shape index (κ3) is 2.72. The molecular formula is C12H19N3O2. The van der Waals surface area contributed by atoms with Gasteiger partial charge in [-0.1, -0.05) is 5.16 Å². The van der Waals surface area contributed by atoms with Crippen LogP contribution in [0.3, 0.4) is 0 Å². The number of Topliss-reactive ketones (excluding diaryl/α,β-unsaturated/α-hetero) is 1. The highest BCUT2D eigenvalue weighted by molar-refractivity contribution is 5.77. The average molecular weight is 237 g/mol. The molecule has 0 aromatic carbocycles. The highest BCUT2D eigenvalue weighted by atomic mass is 16.5. The van der Waals surface area contributed by atoms with E-state index in [2.05, 4.69) is 28.9 Å². The average Bonchev–Trinajstić information content (AvgIpc) is 2.82. The van der Waals surface area contributed by atoms with Crippen molar-refractivity contribution in [1.82, 2.24) is 15.0 Å². The van der Waals surface area contributed by atoms with Gasteiger partial charge in [0.1, 0.15) is 5.78 Å². The number of ketones is 1. The minimum absolute atomic E-state index is 0.0485. The number of hydrogen-bond acceptors (Lipinski definition) is 5. The lowest BCUT2D eigenvalue weighted by Crippen LogP contribution is -2.30. The predicted molar refractivity (Wildman–Crippen MR) is 62.5 cm³/mol. The Morgan fingerprint density at radius 3 is 3.00 bits per heavy atom. The zero-order chi connectivity index (χ0) is 12.4. The van der Waals surface area contributed by atoms with E-state index in [1.807, 2.05) is 0 Å². The van der Waals surface area contributed by atoms with Gasteiger partial charge in [-0.05, 0) is 40.2 Å². The van der Waals surface area contributed by atoms with Gasteiger partial charge >= 0.3 is 0 Å². The first-order valence-corrected chi connectivity index (χ1v) is 6.15. The molecule has 5 heteroatoms. The molecule has 0 radical (unpaired) electrons. The normalized spacial score (nSPS) is 21.3. The topological polar surface area (TPSA) is 59.2 Å². The fourth-order valence-corrected chi connectivity index (χ4v) is 2.37. The highest BCUT2D eigenvalue weighted by Gasteiger charge is 2.31. The van der Waals surface area contributed by atoms with Gasteiger partial charge in [0.25, 0.3) is 0 Å². The molecule has 1 saturated heterocycles. The summed E-state index contributed by atoms with van der Waals surface area (Å²) >= 11 is 0. The zero-order valence-corrected chi connectivity index (χ0v) is 10.6. The summed E-state index contributed by atoms with van der Waals surface area (Å²) in [4.78, 5) is 17.7. The van der Waals surface area contributed by atoms with Gasteiger partial charge in [0.05, 0.1) is 12.5 Å². The number of carbonyl (C=O) groups excluding carboxylic acids is 1. The van der Waals surface area contributed by atoms with Gasteiger partial charge in [-0.25, -0.2) is 0 Å². The van der Waals surface area contributed by atoms with Crippen LogP contribution in [0.5, 0.6) is 0 Å². The van der Waals surface area contributed by atoms with Gasteiger partial charge in [-0.15, -0.1) is 0 Å². The fraction of sp³-hybridized carbons (Fsp3) is 0.750. The molecule has 0 aliphatic carbocycles. The van der Waals surface area contributed by atoms with Gasteiger partial charge in [0.15, 0.2) is 5.82 Å². The van der Waals surface area contributed by atoms with Crippen LogP contribution in [0.15, 0.2) is 4.52 Å². The minimum atomic E-state index is 0.0485. The summed E-state index contributed by atoms with van der Waals surface area (Å²) in [6, 6.07) is 0.733. The summed E-state index contributed by atoms with van der Waals surface area (Å²) in [7, 11) is 0. The van der Waals surface area contributed by atoms with Crippen LogP contribution < -0.4 is 0 Å². The van der Waals surface area contributed by atoms with Crippen LogP contribution in [0.25, 0.3) is 0 Å². The van der Waals surface area contributed by atoms with Crippen LogP contribution in [0, 0.1) is 0 Å². The molecule has 2 rings (SSSR count). The van der Waals surface area contributed by atoms with Gasteiger partial charge in [-0.3, -0.25) is 9.69 Å². The molecular weight excluding hydrogens is 218 g/mol. The lowest BCUT2D eigenvalue weighted by atomic mass is 10.2. The highest BCUT2D eigenvalue weighted by Crippen LogP contribution is 2.31. The lowest BCUT2D eigenvalue weighted by Gasteiger charge is -2.25. The molecule has 1 fully saturated rings. The molecule has 1 aliphatic heterocycles. The van der Waals surface area contributed by atoms with Crippen molar-refractivity contribution in [3.8, 4) is 0 Å². The van der Waals surface area contributed by atoms with E-state index in [0.29, 0.717) is 11.9 Å². The first kappa shape index (κ1) is 12.2. The molecule has 2 heterocycles. The number of carbonyl (C=O) groups is 1. The van der Waals surface area contributed by atoms with E-state index in [4.69, 9.17) is 4.52 Å². The predicted octanol–water partition coefficient (Wildman–Crippen LogP) is 1.75. The molecule has 5 nitrogen and oxygen atoms in total. The number of aromatic nitrogens is 2. The first-order chi connectivity index (χ1) is 8.08. The van der Waals surface area contributed by atoms with Crippen LogP contribution >= 0.6 is 0 Å². The van der Waals surface area contributed by atoms with Gasteiger partial charge in [0.2, 0.25) is 5.89 Å².